The van der Waals surface area contributed by atoms with Gasteiger partial charge in [-0.25, -0.2) is 14.4 Å². The molecule has 0 aliphatic carbocycles. The van der Waals surface area contributed by atoms with E-state index in [0.717, 1.165) is 36.7 Å². The second-order valence-corrected chi connectivity index (χ2v) is 28.2. The number of ketones is 2. The molecule has 0 amide bonds. The molecule has 0 atom stereocenters. The Balaban J connectivity index is 0.000000230. The predicted molar refractivity (Wildman–Crippen MR) is 374 cm³/mol. The number of carboxylic acids is 1. The number of hydrogen-bond donors (Lipinski definition) is 1. The molecular formula is C66H73BBr2Cl6N6O10. The molecule has 7 heterocycles. The van der Waals surface area contributed by atoms with Crippen molar-refractivity contribution in [3.8, 4) is 22.3 Å². The fraction of sp³-hybridized carbons (Fsp3) is 0.288. The van der Waals surface area contributed by atoms with E-state index in [2.05, 4.69) is 115 Å². The quantitative estimate of drug-likeness (QED) is 0.0668. The SMILES string of the molecule is COC(=O)c1cc(-c2ccc(C)cc2)cn1C.COC(=O)c1cc(Br)cn1C.Cc1ccc(-c2cc(C(=O)O)n(C)c2)cc1.Cc1ccc(B2OC(C)(C)C(C)(C)O2)cc1.Cn1cc(Br)cc1C(=O)C(Cl)(Cl)Cl.Cn1cccc1.Cn1cccc1C(=O)C(Cl)(Cl)Cl. The molecule has 1 fully saturated rings. The molecule has 0 bridgehead atoms. The van der Waals surface area contributed by atoms with E-state index in [-0.39, 0.29) is 30.3 Å². The molecule has 0 spiro atoms. The van der Waals surface area contributed by atoms with Gasteiger partial charge >= 0.3 is 25.0 Å². The second kappa shape index (κ2) is 34.1. The third kappa shape index (κ3) is 23.1. The number of aromatic nitrogens is 6. The first-order valence-corrected chi connectivity index (χ1v) is 31.5. The van der Waals surface area contributed by atoms with Gasteiger partial charge in [0, 0.05) is 106 Å². The maximum Gasteiger partial charge on any atom is 0.494 e. The van der Waals surface area contributed by atoms with Gasteiger partial charge in [0.2, 0.25) is 11.6 Å². The average molecular weight is 1490 g/mol. The first-order valence-electron chi connectivity index (χ1n) is 27.6. The van der Waals surface area contributed by atoms with Gasteiger partial charge in [-0.2, -0.15) is 0 Å². The van der Waals surface area contributed by atoms with Gasteiger partial charge in [-0.1, -0.05) is 159 Å². The Hall–Kier alpha value is -6.23. The van der Waals surface area contributed by atoms with Crippen LogP contribution in [0.15, 0.2) is 174 Å². The summed E-state index contributed by atoms with van der Waals surface area (Å²) in [5.74, 6) is -2.59. The zero-order valence-electron chi connectivity index (χ0n) is 53.0. The van der Waals surface area contributed by atoms with Gasteiger partial charge in [0.15, 0.2) is 0 Å². The highest BCUT2D eigenvalue weighted by atomic mass is 79.9. The van der Waals surface area contributed by atoms with E-state index in [9.17, 15) is 24.0 Å². The van der Waals surface area contributed by atoms with Crippen molar-refractivity contribution in [1.29, 1.82) is 0 Å². The highest BCUT2D eigenvalue weighted by molar-refractivity contribution is 9.10. The van der Waals surface area contributed by atoms with Crippen LogP contribution in [0.25, 0.3) is 22.3 Å². The van der Waals surface area contributed by atoms with Gasteiger partial charge < -0.3 is 51.3 Å². The number of rotatable bonds is 8. The van der Waals surface area contributed by atoms with Crippen molar-refractivity contribution in [1.82, 2.24) is 27.4 Å². The maximum atomic E-state index is 11.5. The number of halogens is 8. The van der Waals surface area contributed by atoms with Crippen LogP contribution in [0.3, 0.4) is 0 Å². The largest absolute Gasteiger partial charge is 0.494 e. The number of carboxylic acid groups (broad SMARTS) is 1. The first kappa shape index (κ1) is 77.2. The minimum Gasteiger partial charge on any atom is -0.477 e. The Kier molecular flexibility index (Phi) is 28.9. The number of nitrogens with zero attached hydrogens (tertiary/aromatic N) is 6. The molecule has 486 valence electrons. The number of carbonyl (C=O) groups is 5. The molecule has 10 rings (SSSR count). The van der Waals surface area contributed by atoms with Gasteiger partial charge in [0.05, 0.1) is 36.8 Å². The van der Waals surface area contributed by atoms with Crippen LogP contribution in [0.2, 0.25) is 0 Å². The molecule has 0 radical (unpaired) electrons. The molecule has 1 aliphatic heterocycles. The Labute approximate surface area is 579 Å². The lowest BCUT2D eigenvalue weighted by Crippen LogP contribution is -2.41. The first-order chi connectivity index (χ1) is 42.3. The number of aromatic carboxylic acids is 1. The van der Waals surface area contributed by atoms with Crippen LogP contribution in [0.5, 0.6) is 0 Å². The highest BCUT2D eigenvalue weighted by Gasteiger charge is 2.51. The number of benzene rings is 3. The van der Waals surface area contributed by atoms with Crippen molar-refractivity contribution in [3.63, 3.8) is 0 Å². The van der Waals surface area contributed by atoms with Crippen LogP contribution >= 0.6 is 101 Å². The Bertz CT molecular complexity index is 3840. The van der Waals surface area contributed by atoms with Crippen LogP contribution in [-0.2, 0) is 61.1 Å². The van der Waals surface area contributed by atoms with Crippen molar-refractivity contribution in [3.05, 3.63) is 219 Å². The molecule has 0 saturated carbocycles. The van der Waals surface area contributed by atoms with E-state index in [1.807, 2.05) is 105 Å². The molecule has 91 heavy (non-hydrogen) atoms. The number of aryl methyl sites for hydroxylation is 9. The van der Waals surface area contributed by atoms with Gasteiger partial charge in [-0.15, -0.1) is 0 Å². The van der Waals surface area contributed by atoms with Crippen LogP contribution < -0.4 is 5.46 Å². The topological polar surface area (TPSA) is 172 Å². The molecule has 16 nitrogen and oxygen atoms in total. The van der Waals surface area contributed by atoms with Crippen molar-refractivity contribution >= 4 is 144 Å². The summed E-state index contributed by atoms with van der Waals surface area (Å²) in [6, 6.07) is 38.7. The number of methoxy groups -OCH3 is 2. The fourth-order valence-corrected chi connectivity index (χ4v) is 9.78. The lowest BCUT2D eigenvalue weighted by molar-refractivity contribution is 0.00578. The van der Waals surface area contributed by atoms with Gasteiger partial charge in [-0.3, -0.25) is 9.59 Å². The number of esters is 2. The van der Waals surface area contributed by atoms with E-state index in [1.54, 1.807) is 99.9 Å². The monoisotopic (exact) mass is 1490 g/mol. The standard InChI is InChI=1S/C14H15NO2.C13H19BO2.C13H13NO2.C7H5BrCl3NO.C7H8BrNO2.C7H6Cl3NO.C5H7N/c1-10-4-6-11(7-5-10)12-8-13(14(16)17-3)15(2)9-12;1-10-6-8-11(9-7-10)14-15-12(2,3)13(4,5)16-14;1-9-3-5-10(6-4-9)11-7-12(13(15)16)14(2)8-11;1-12-3-4(8)2-5(12)6(13)7(9,10)11;1-9-4-5(8)3-6(9)7(10)11-2;1-11-4-2-3-5(11)6(12)7(8,9)10;1-6-4-2-3-5-6/h4-9H,1-3H3;6-9H,1-5H3;3-8H,1-2H3,(H,15,16);2-3H,1H3;3-4H,1-2H3;2-4H,1H3;2-5H,1H3. The summed E-state index contributed by atoms with van der Waals surface area (Å²) in [5, 5.41) is 8.95. The summed E-state index contributed by atoms with van der Waals surface area (Å²) < 4.78 is 29.4. The van der Waals surface area contributed by atoms with E-state index < -0.39 is 25.1 Å². The van der Waals surface area contributed by atoms with E-state index in [1.165, 1.54) is 30.9 Å². The van der Waals surface area contributed by atoms with E-state index >= 15 is 0 Å². The Morgan fingerprint density at radius 1 is 0.462 bits per heavy atom. The smallest absolute Gasteiger partial charge is 0.477 e. The van der Waals surface area contributed by atoms with Crippen molar-refractivity contribution in [2.75, 3.05) is 14.2 Å². The Morgan fingerprint density at radius 3 is 1.13 bits per heavy atom. The van der Waals surface area contributed by atoms with Crippen LogP contribution in [0.1, 0.15) is 96.8 Å². The zero-order chi connectivity index (χ0) is 68.5. The lowest BCUT2D eigenvalue weighted by atomic mass is 9.79. The summed E-state index contributed by atoms with van der Waals surface area (Å²) >= 11 is 39.1. The van der Waals surface area contributed by atoms with Crippen molar-refractivity contribution < 1.29 is 47.9 Å². The van der Waals surface area contributed by atoms with Crippen molar-refractivity contribution in [2.45, 2.75) is 67.3 Å². The molecule has 0 unspecified atom stereocenters. The minimum absolute atomic E-state index is 0.245. The number of alkyl halides is 6. The summed E-state index contributed by atoms with van der Waals surface area (Å²) in [5.41, 5.74) is 10.5. The van der Waals surface area contributed by atoms with E-state index in [0.29, 0.717) is 28.5 Å². The molecule has 6 aromatic heterocycles. The summed E-state index contributed by atoms with van der Waals surface area (Å²) in [6.07, 6.45) is 13.0. The average Bonchev–Trinajstić information content (AvgIpc) is 1.66. The number of carbonyl (C=O) groups excluding carboxylic acids is 4. The van der Waals surface area contributed by atoms with Gasteiger partial charge in [-0.05, 0) is 145 Å². The molecule has 25 heteroatoms. The second-order valence-electron chi connectivity index (χ2n) is 21.8. The summed E-state index contributed by atoms with van der Waals surface area (Å²) in [4.78, 5) is 56.2. The van der Waals surface area contributed by atoms with Crippen LogP contribution in [0.4, 0.5) is 0 Å². The highest BCUT2D eigenvalue weighted by Crippen LogP contribution is 2.37. The zero-order valence-corrected chi connectivity index (χ0v) is 60.7. The van der Waals surface area contributed by atoms with Crippen molar-refractivity contribution in [2.24, 2.45) is 42.3 Å². The molecular weight excluding hydrogens is 1420 g/mol. The molecule has 3 aromatic carbocycles. The van der Waals surface area contributed by atoms with Gasteiger partial charge in [0.1, 0.15) is 17.1 Å². The number of Topliss-reactive ketones (excluding diaryl/α,β-unsaturated/α-hetero) is 2. The number of ether oxygens (including phenoxy) is 2. The summed E-state index contributed by atoms with van der Waals surface area (Å²) in [6.45, 7) is 14.4. The molecule has 1 N–H and O–H groups in total. The third-order valence-electron chi connectivity index (χ3n) is 14.0. The van der Waals surface area contributed by atoms with Gasteiger partial charge in [0.25, 0.3) is 7.59 Å². The minimum atomic E-state index is -1.90. The maximum absolute atomic E-state index is 11.5. The molecule has 9 aromatic rings. The molecule has 1 aliphatic rings. The van der Waals surface area contributed by atoms with E-state index in [4.69, 9.17) is 88.8 Å². The normalized spacial score (nSPS) is 12.7. The molecule has 1 saturated heterocycles. The summed E-state index contributed by atoms with van der Waals surface area (Å²) in [7, 11) is 13.3. The van der Waals surface area contributed by atoms with Crippen LogP contribution in [0, 0.1) is 20.8 Å². The predicted octanol–water partition coefficient (Wildman–Crippen LogP) is 16.3. The fourth-order valence-electron chi connectivity index (χ4n) is 8.15. The lowest BCUT2D eigenvalue weighted by Gasteiger charge is -2.32. The van der Waals surface area contributed by atoms with Crippen LogP contribution in [-0.4, -0.2) is 102 Å². The Morgan fingerprint density at radius 2 is 0.813 bits per heavy atom. The third-order valence-corrected chi connectivity index (χ3v) is 15.9. The number of hydrogen-bond acceptors (Lipinski definition) is 9.